The second-order valence-electron chi connectivity index (χ2n) is 7.92. The second-order valence-corrected chi connectivity index (χ2v) is 7.92. The molecule has 4 nitrogen and oxygen atoms in total. The largest absolute Gasteiger partial charge is 0.391 e. The Labute approximate surface area is 148 Å². The van der Waals surface area contributed by atoms with E-state index in [1.165, 1.54) is 25.7 Å². The average molecular weight is 361 g/mol. The number of nitrogens with zero attached hydrogens (tertiary/aromatic N) is 2. The molecule has 2 unspecified atom stereocenters. The SMILES string of the molecule is O=C(CN1CCN(C2CCCC2)CC1)NC1CCCC(C(F)(F)F)C1. The Morgan fingerprint density at radius 2 is 1.64 bits per heavy atom. The van der Waals surface area contributed by atoms with Gasteiger partial charge >= 0.3 is 6.18 Å². The average Bonchev–Trinajstić information content (AvgIpc) is 3.09. The highest BCUT2D eigenvalue weighted by molar-refractivity contribution is 5.78. The van der Waals surface area contributed by atoms with Crippen molar-refractivity contribution in [3.63, 3.8) is 0 Å². The first-order valence-corrected chi connectivity index (χ1v) is 9.74. The Kier molecular flexibility index (Phi) is 6.25. The zero-order valence-corrected chi connectivity index (χ0v) is 14.9. The Bertz CT molecular complexity index is 443. The van der Waals surface area contributed by atoms with E-state index in [1.807, 2.05) is 0 Å². The van der Waals surface area contributed by atoms with Crippen LogP contribution in [0.25, 0.3) is 0 Å². The van der Waals surface area contributed by atoms with E-state index in [0.29, 0.717) is 19.4 Å². The molecule has 1 amide bonds. The monoisotopic (exact) mass is 361 g/mol. The molecule has 0 aromatic heterocycles. The minimum atomic E-state index is -4.14. The van der Waals surface area contributed by atoms with E-state index in [4.69, 9.17) is 0 Å². The van der Waals surface area contributed by atoms with E-state index < -0.39 is 12.1 Å². The predicted octanol–water partition coefficient (Wildman–Crippen LogP) is 2.78. The molecule has 2 atom stereocenters. The van der Waals surface area contributed by atoms with Crippen LogP contribution in [0.3, 0.4) is 0 Å². The van der Waals surface area contributed by atoms with E-state index in [9.17, 15) is 18.0 Å². The molecule has 0 bridgehead atoms. The normalized spacial score (nSPS) is 30.5. The molecule has 1 aliphatic heterocycles. The summed E-state index contributed by atoms with van der Waals surface area (Å²) in [5, 5.41) is 2.84. The van der Waals surface area contributed by atoms with Gasteiger partial charge in [-0.2, -0.15) is 13.2 Å². The predicted molar refractivity (Wildman–Crippen MR) is 90.2 cm³/mol. The van der Waals surface area contributed by atoms with Crippen LogP contribution in [0.2, 0.25) is 0 Å². The van der Waals surface area contributed by atoms with Gasteiger partial charge in [0.2, 0.25) is 5.91 Å². The number of carbonyl (C=O) groups is 1. The minimum Gasteiger partial charge on any atom is -0.352 e. The molecule has 3 rings (SSSR count). The van der Waals surface area contributed by atoms with E-state index in [-0.39, 0.29) is 24.8 Å². The van der Waals surface area contributed by atoms with Crippen molar-refractivity contribution < 1.29 is 18.0 Å². The van der Waals surface area contributed by atoms with Crippen molar-refractivity contribution >= 4 is 5.91 Å². The van der Waals surface area contributed by atoms with Crippen LogP contribution in [0.5, 0.6) is 0 Å². The molecule has 2 aliphatic carbocycles. The molecular formula is C18H30F3N3O. The Morgan fingerprint density at radius 1 is 0.960 bits per heavy atom. The summed E-state index contributed by atoms with van der Waals surface area (Å²) in [6.07, 6.45) is 2.53. The van der Waals surface area contributed by atoms with Crippen LogP contribution in [-0.2, 0) is 4.79 Å². The van der Waals surface area contributed by atoms with Crippen LogP contribution in [-0.4, -0.2) is 66.7 Å². The lowest BCUT2D eigenvalue weighted by atomic mass is 9.85. The summed E-state index contributed by atoms with van der Waals surface area (Å²) in [5.41, 5.74) is 0. The number of hydrogen-bond acceptors (Lipinski definition) is 3. The Hall–Kier alpha value is -0.820. The van der Waals surface area contributed by atoms with E-state index in [2.05, 4.69) is 15.1 Å². The molecule has 3 fully saturated rings. The van der Waals surface area contributed by atoms with Gasteiger partial charge in [0.1, 0.15) is 0 Å². The molecule has 25 heavy (non-hydrogen) atoms. The summed E-state index contributed by atoms with van der Waals surface area (Å²) < 4.78 is 38.6. The summed E-state index contributed by atoms with van der Waals surface area (Å²) in [6.45, 7) is 4.06. The molecular weight excluding hydrogens is 331 g/mol. The topological polar surface area (TPSA) is 35.6 Å². The van der Waals surface area contributed by atoms with Crippen molar-refractivity contribution in [1.29, 1.82) is 0 Å². The minimum absolute atomic E-state index is 0.0324. The van der Waals surface area contributed by atoms with E-state index in [1.54, 1.807) is 0 Å². The third-order valence-electron chi connectivity index (χ3n) is 6.12. The van der Waals surface area contributed by atoms with Crippen molar-refractivity contribution in [3.8, 4) is 0 Å². The summed E-state index contributed by atoms with van der Waals surface area (Å²) in [6, 6.07) is 0.394. The molecule has 0 aromatic carbocycles. The summed E-state index contributed by atoms with van der Waals surface area (Å²) in [7, 11) is 0. The smallest absolute Gasteiger partial charge is 0.352 e. The van der Waals surface area contributed by atoms with Crippen molar-refractivity contribution in [1.82, 2.24) is 15.1 Å². The highest BCUT2D eigenvalue weighted by Gasteiger charge is 2.42. The van der Waals surface area contributed by atoms with Crippen LogP contribution in [0.15, 0.2) is 0 Å². The number of piperazine rings is 1. The summed E-state index contributed by atoms with van der Waals surface area (Å²) in [5.74, 6) is -1.39. The maximum Gasteiger partial charge on any atom is 0.391 e. The molecule has 1 heterocycles. The van der Waals surface area contributed by atoms with E-state index >= 15 is 0 Å². The number of hydrogen-bond donors (Lipinski definition) is 1. The fraction of sp³-hybridized carbons (Fsp3) is 0.944. The van der Waals surface area contributed by atoms with Gasteiger partial charge in [-0.25, -0.2) is 0 Å². The number of nitrogens with one attached hydrogen (secondary N) is 1. The quantitative estimate of drug-likeness (QED) is 0.836. The first kappa shape index (κ1) is 19.0. The van der Waals surface area contributed by atoms with E-state index in [0.717, 1.165) is 32.2 Å². The maximum atomic E-state index is 12.9. The number of rotatable bonds is 4. The maximum absolute atomic E-state index is 12.9. The van der Waals surface area contributed by atoms with Crippen LogP contribution < -0.4 is 5.32 Å². The number of amides is 1. The van der Waals surface area contributed by atoms with Crippen molar-refractivity contribution in [2.24, 2.45) is 5.92 Å². The summed E-state index contributed by atoms with van der Waals surface area (Å²) >= 11 is 0. The van der Waals surface area contributed by atoms with Crippen molar-refractivity contribution in [3.05, 3.63) is 0 Å². The molecule has 7 heteroatoms. The van der Waals surface area contributed by atoms with Gasteiger partial charge in [0.05, 0.1) is 12.5 Å². The molecule has 0 aromatic rings. The highest BCUT2D eigenvalue weighted by atomic mass is 19.4. The summed E-state index contributed by atoms with van der Waals surface area (Å²) in [4.78, 5) is 16.9. The second kappa shape index (κ2) is 8.25. The van der Waals surface area contributed by atoms with Gasteiger partial charge in [0.15, 0.2) is 0 Å². The highest BCUT2D eigenvalue weighted by Crippen LogP contribution is 2.37. The lowest BCUT2D eigenvalue weighted by Crippen LogP contribution is -2.53. The fourth-order valence-corrected chi connectivity index (χ4v) is 4.65. The molecule has 144 valence electrons. The van der Waals surface area contributed by atoms with Crippen LogP contribution in [0.1, 0.15) is 51.4 Å². The molecule has 0 radical (unpaired) electrons. The zero-order valence-electron chi connectivity index (χ0n) is 14.9. The van der Waals surface area contributed by atoms with Gasteiger partial charge in [-0.3, -0.25) is 14.6 Å². The first-order chi connectivity index (χ1) is 11.9. The van der Waals surface area contributed by atoms with Gasteiger partial charge in [-0.15, -0.1) is 0 Å². The first-order valence-electron chi connectivity index (χ1n) is 9.74. The lowest BCUT2D eigenvalue weighted by molar-refractivity contribution is -0.184. The number of halogens is 3. The van der Waals surface area contributed by atoms with Crippen LogP contribution >= 0.6 is 0 Å². The standard InChI is InChI=1S/C18H30F3N3O/c19-18(20,21)14-4-3-5-15(12-14)22-17(25)13-23-8-10-24(11-9-23)16-6-1-2-7-16/h14-16H,1-13H2,(H,22,25). The van der Waals surface area contributed by atoms with Crippen LogP contribution in [0.4, 0.5) is 13.2 Å². The van der Waals surface area contributed by atoms with Crippen LogP contribution in [0, 0.1) is 5.92 Å². The molecule has 0 spiro atoms. The molecule has 3 aliphatic rings. The van der Waals surface area contributed by atoms with Gasteiger partial charge in [-0.1, -0.05) is 19.3 Å². The zero-order chi connectivity index (χ0) is 17.9. The lowest BCUT2D eigenvalue weighted by Gasteiger charge is -2.38. The van der Waals surface area contributed by atoms with Crippen molar-refractivity contribution in [2.75, 3.05) is 32.7 Å². The molecule has 1 saturated heterocycles. The van der Waals surface area contributed by atoms with Gasteiger partial charge in [-0.05, 0) is 32.1 Å². The third-order valence-corrected chi connectivity index (χ3v) is 6.12. The van der Waals surface area contributed by atoms with Gasteiger partial charge in [0.25, 0.3) is 0 Å². The van der Waals surface area contributed by atoms with Gasteiger partial charge in [0, 0.05) is 38.3 Å². The fourth-order valence-electron chi connectivity index (χ4n) is 4.65. The number of carbonyl (C=O) groups excluding carboxylic acids is 1. The Balaban J connectivity index is 1.38. The van der Waals surface area contributed by atoms with Gasteiger partial charge < -0.3 is 5.32 Å². The van der Waals surface area contributed by atoms with Crippen molar-refractivity contribution in [2.45, 2.75) is 69.6 Å². The number of alkyl halides is 3. The Morgan fingerprint density at radius 3 is 2.28 bits per heavy atom. The third kappa shape index (κ3) is 5.33. The molecule has 1 N–H and O–H groups in total. The molecule has 2 saturated carbocycles.